The SMILES string of the molecule is CN(c1nnnn1C)C(CN)C1CC1. The molecule has 6 heteroatoms. The highest BCUT2D eigenvalue weighted by atomic mass is 15.6. The molecule has 0 bridgehead atoms. The van der Waals surface area contributed by atoms with Gasteiger partial charge >= 0.3 is 0 Å². The maximum absolute atomic E-state index is 5.75. The Bertz CT molecular complexity index is 305. The molecule has 0 spiro atoms. The second-order valence-electron chi connectivity index (χ2n) is 3.85. The number of likely N-dealkylation sites (N-methyl/N-ethyl adjacent to an activating group) is 1. The Labute approximate surface area is 83.1 Å². The molecule has 1 heterocycles. The Morgan fingerprint density at radius 2 is 2.36 bits per heavy atom. The number of anilines is 1. The summed E-state index contributed by atoms with van der Waals surface area (Å²) in [5.41, 5.74) is 5.75. The Kier molecular flexibility index (Phi) is 2.37. The largest absolute Gasteiger partial charge is 0.338 e. The van der Waals surface area contributed by atoms with E-state index < -0.39 is 0 Å². The monoisotopic (exact) mass is 196 g/mol. The van der Waals surface area contributed by atoms with Crippen molar-refractivity contribution in [2.75, 3.05) is 18.5 Å². The van der Waals surface area contributed by atoms with Gasteiger partial charge in [-0.05, 0) is 29.2 Å². The molecule has 1 aromatic rings. The number of hydrogen-bond acceptors (Lipinski definition) is 5. The van der Waals surface area contributed by atoms with Crippen LogP contribution in [0.4, 0.5) is 5.95 Å². The fourth-order valence-corrected chi connectivity index (χ4v) is 1.82. The second kappa shape index (κ2) is 3.53. The smallest absolute Gasteiger partial charge is 0.245 e. The number of aryl methyl sites for hydroxylation is 1. The van der Waals surface area contributed by atoms with Crippen LogP contribution in [0, 0.1) is 5.92 Å². The van der Waals surface area contributed by atoms with Gasteiger partial charge in [0.1, 0.15) is 0 Å². The molecular formula is C8H16N6. The van der Waals surface area contributed by atoms with Gasteiger partial charge in [-0.2, -0.15) is 0 Å². The fourth-order valence-electron chi connectivity index (χ4n) is 1.82. The van der Waals surface area contributed by atoms with Crippen molar-refractivity contribution in [3.05, 3.63) is 0 Å². The fraction of sp³-hybridized carbons (Fsp3) is 0.875. The number of tetrazole rings is 1. The van der Waals surface area contributed by atoms with E-state index >= 15 is 0 Å². The molecule has 1 aromatic heterocycles. The van der Waals surface area contributed by atoms with Gasteiger partial charge in [0.05, 0.1) is 0 Å². The van der Waals surface area contributed by atoms with Crippen molar-refractivity contribution in [1.82, 2.24) is 20.2 Å². The van der Waals surface area contributed by atoms with Crippen molar-refractivity contribution in [1.29, 1.82) is 0 Å². The Morgan fingerprint density at radius 3 is 2.79 bits per heavy atom. The van der Waals surface area contributed by atoms with Crippen LogP contribution in [0.1, 0.15) is 12.8 Å². The predicted octanol–water partition coefficient (Wildman–Crippen LogP) is -0.616. The zero-order valence-electron chi connectivity index (χ0n) is 8.59. The van der Waals surface area contributed by atoms with Gasteiger partial charge in [-0.1, -0.05) is 5.10 Å². The molecule has 14 heavy (non-hydrogen) atoms. The quantitative estimate of drug-likeness (QED) is 0.695. The molecule has 0 aliphatic heterocycles. The van der Waals surface area contributed by atoms with Gasteiger partial charge in [-0.3, -0.25) is 0 Å². The molecule has 1 aliphatic rings. The third-order valence-electron chi connectivity index (χ3n) is 2.82. The number of rotatable bonds is 4. The zero-order valence-corrected chi connectivity index (χ0v) is 8.59. The summed E-state index contributed by atoms with van der Waals surface area (Å²) in [7, 11) is 3.84. The number of aromatic nitrogens is 4. The maximum atomic E-state index is 5.75. The number of nitrogens with zero attached hydrogens (tertiary/aromatic N) is 5. The summed E-state index contributed by atoms with van der Waals surface area (Å²) in [6.07, 6.45) is 2.55. The molecule has 2 N–H and O–H groups in total. The average Bonchev–Trinajstić information content (AvgIpc) is 2.90. The van der Waals surface area contributed by atoms with Crippen LogP contribution >= 0.6 is 0 Å². The average molecular weight is 196 g/mol. The van der Waals surface area contributed by atoms with Crippen molar-refractivity contribution >= 4 is 5.95 Å². The van der Waals surface area contributed by atoms with Crippen LogP contribution in [0.2, 0.25) is 0 Å². The van der Waals surface area contributed by atoms with E-state index in [-0.39, 0.29) is 0 Å². The predicted molar refractivity (Wildman–Crippen MR) is 52.8 cm³/mol. The molecule has 1 unspecified atom stereocenters. The molecule has 0 amide bonds. The van der Waals surface area contributed by atoms with E-state index in [4.69, 9.17) is 5.73 Å². The number of nitrogens with two attached hydrogens (primary N) is 1. The molecule has 6 nitrogen and oxygen atoms in total. The van der Waals surface area contributed by atoms with Crippen LogP contribution in [0.3, 0.4) is 0 Å². The minimum absolute atomic E-state index is 0.375. The second-order valence-corrected chi connectivity index (χ2v) is 3.85. The molecule has 1 saturated carbocycles. The van der Waals surface area contributed by atoms with Gasteiger partial charge in [-0.25, -0.2) is 4.68 Å². The lowest BCUT2D eigenvalue weighted by Crippen LogP contribution is -2.41. The summed E-state index contributed by atoms with van der Waals surface area (Å²) >= 11 is 0. The lowest BCUT2D eigenvalue weighted by molar-refractivity contribution is 0.550. The Morgan fingerprint density at radius 1 is 1.64 bits per heavy atom. The van der Waals surface area contributed by atoms with Crippen LogP contribution in [0.15, 0.2) is 0 Å². The van der Waals surface area contributed by atoms with E-state index in [0.717, 1.165) is 11.9 Å². The normalized spacial score (nSPS) is 18.2. The van der Waals surface area contributed by atoms with E-state index in [1.807, 2.05) is 14.1 Å². The highest BCUT2D eigenvalue weighted by molar-refractivity contribution is 5.29. The van der Waals surface area contributed by atoms with Gasteiger partial charge in [0.25, 0.3) is 0 Å². The van der Waals surface area contributed by atoms with Crippen LogP contribution in [0.5, 0.6) is 0 Å². The number of hydrogen-bond donors (Lipinski definition) is 1. The van der Waals surface area contributed by atoms with Gasteiger partial charge < -0.3 is 10.6 Å². The molecule has 1 aliphatic carbocycles. The molecule has 1 atom stereocenters. The molecule has 2 rings (SSSR count). The lowest BCUT2D eigenvalue weighted by Gasteiger charge is -2.26. The molecule has 1 fully saturated rings. The van der Waals surface area contributed by atoms with E-state index in [2.05, 4.69) is 20.4 Å². The summed E-state index contributed by atoms with van der Waals surface area (Å²) in [5.74, 6) is 1.51. The Hall–Kier alpha value is -1.17. The van der Waals surface area contributed by atoms with Gasteiger partial charge in [-0.15, -0.1) is 0 Å². The van der Waals surface area contributed by atoms with Crippen LogP contribution < -0.4 is 10.6 Å². The van der Waals surface area contributed by atoms with Crippen LogP contribution in [-0.4, -0.2) is 39.8 Å². The first-order valence-electron chi connectivity index (χ1n) is 4.89. The minimum Gasteiger partial charge on any atom is -0.338 e. The van der Waals surface area contributed by atoms with Crippen LogP contribution in [0.25, 0.3) is 0 Å². The van der Waals surface area contributed by atoms with Crippen molar-refractivity contribution in [3.63, 3.8) is 0 Å². The van der Waals surface area contributed by atoms with Gasteiger partial charge in [0.15, 0.2) is 0 Å². The van der Waals surface area contributed by atoms with E-state index in [1.54, 1.807) is 4.68 Å². The van der Waals surface area contributed by atoms with Crippen LogP contribution in [-0.2, 0) is 7.05 Å². The summed E-state index contributed by atoms with van der Waals surface area (Å²) in [4.78, 5) is 2.08. The summed E-state index contributed by atoms with van der Waals surface area (Å²) in [5, 5.41) is 11.4. The summed E-state index contributed by atoms with van der Waals surface area (Å²) < 4.78 is 1.67. The maximum Gasteiger partial charge on any atom is 0.245 e. The Balaban J connectivity index is 2.13. The van der Waals surface area contributed by atoms with Crippen molar-refractivity contribution < 1.29 is 0 Å². The molecule has 78 valence electrons. The van der Waals surface area contributed by atoms with Crippen molar-refractivity contribution in [3.8, 4) is 0 Å². The third kappa shape index (κ3) is 1.57. The van der Waals surface area contributed by atoms with Gasteiger partial charge in [0, 0.05) is 26.7 Å². The van der Waals surface area contributed by atoms with Crippen molar-refractivity contribution in [2.45, 2.75) is 18.9 Å². The van der Waals surface area contributed by atoms with E-state index in [0.29, 0.717) is 12.6 Å². The first kappa shape index (κ1) is 9.39. The van der Waals surface area contributed by atoms with Crippen molar-refractivity contribution in [2.24, 2.45) is 18.7 Å². The topological polar surface area (TPSA) is 72.9 Å². The highest BCUT2D eigenvalue weighted by Crippen LogP contribution is 2.35. The van der Waals surface area contributed by atoms with Gasteiger partial charge in [0.2, 0.25) is 5.95 Å². The third-order valence-corrected chi connectivity index (χ3v) is 2.82. The molecule has 0 aromatic carbocycles. The highest BCUT2D eigenvalue weighted by Gasteiger charge is 2.34. The molecular weight excluding hydrogens is 180 g/mol. The standard InChI is InChI=1S/C8H16N6/c1-13(7(5-9)6-3-4-6)8-10-11-12-14(8)2/h6-7H,3-5,9H2,1-2H3. The van der Waals surface area contributed by atoms with E-state index in [1.165, 1.54) is 12.8 Å². The minimum atomic E-state index is 0.375. The van der Waals surface area contributed by atoms with E-state index in [9.17, 15) is 0 Å². The first-order valence-corrected chi connectivity index (χ1v) is 4.89. The molecule has 0 radical (unpaired) electrons. The zero-order chi connectivity index (χ0) is 10.1. The first-order chi connectivity index (χ1) is 6.74. The summed E-state index contributed by atoms with van der Waals surface area (Å²) in [6.45, 7) is 0.661. The lowest BCUT2D eigenvalue weighted by atomic mass is 10.1. The molecule has 0 saturated heterocycles. The summed E-state index contributed by atoms with van der Waals surface area (Å²) in [6, 6.07) is 0.375.